The first-order valence-electron chi connectivity index (χ1n) is 7.34. The van der Waals surface area contributed by atoms with E-state index in [0.717, 1.165) is 0 Å². The van der Waals surface area contributed by atoms with Gasteiger partial charge < -0.3 is 4.42 Å². The molecule has 124 valence electrons. The van der Waals surface area contributed by atoms with E-state index in [4.69, 9.17) is 4.42 Å². The fourth-order valence-corrected chi connectivity index (χ4v) is 2.81. The number of pyridine rings is 1. The number of rotatable bonds is 3. The molecule has 0 aliphatic heterocycles. The first kappa shape index (κ1) is 15.0. The fourth-order valence-electron chi connectivity index (χ4n) is 2.81. The highest BCUT2D eigenvalue weighted by atomic mass is 19.1. The van der Waals surface area contributed by atoms with Crippen molar-refractivity contribution in [3.8, 4) is 0 Å². The number of hydrogen-bond acceptors (Lipinski definition) is 5. The van der Waals surface area contributed by atoms with E-state index < -0.39 is 16.5 Å². The molecule has 0 spiro atoms. The van der Waals surface area contributed by atoms with Crippen LogP contribution in [0.3, 0.4) is 0 Å². The second kappa shape index (κ2) is 5.52. The normalized spacial score (nSPS) is 11.2. The zero-order chi connectivity index (χ0) is 17.6. The minimum Gasteiger partial charge on any atom is -0.408 e. The SMILES string of the molecule is O=c1oc2ccc([N+](=O)[O-])cc2n1Cc1ccc(F)c2cccnc12. The molecule has 4 aromatic rings. The van der Waals surface area contributed by atoms with Crippen LogP contribution < -0.4 is 5.76 Å². The van der Waals surface area contributed by atoms with Gasteiger partial charge in [0.05, 0.1) is 22.5 Å². The lowest BCUT2D eigenvalue weighted by molar-refractivity contribution is -0.384. The summed E-state index contributed by atoms with van der Waals surface area (Å²) >= 11 is 0. The van der Waals surface area contributed by atoms with E-state index in [1.165, 1.54) is 41.1 Å². The summed E-state index contributed by atoms with van der Waals surface area (Å²) < 4.78 is 20.3. The maximum absolute atomic E-state index is 13.9. The Labute approximate surface area is 139 Å². The Hall–Kier alpha value is -3.55. The van der Waals surface area contributed by atoms with Gasteiger partial charge in [0.15, 0.2) is 5.58 Å². The van der Waals surface area contributed by atoms with Crippen LogP contribution in [0.4, 0.5) is 10.1 Å². The predicted octanol–water partition coefficient (Wildman–Crippen LogP) is 3.24. The molecule has 4 rings (SSSR count). The van der Waals surface area contributed by atoms with E-state index >= 15 is 0 Å². The van der Waals surface area contributed by atoms with Crippen molar-refractivity contribution in [2.75, 3.05) is 0 Å². The van der Waals surface area contributed by atoms with Crippen molar-refractivity contribution in [2.24, 2.45) is 0 Å². The van der Waals surface area contributed by atoms with E-state index in [-0.39, 0.29) is 17.8 Å². The summed E-state index contributed by atoms with van der Waals surface area (Å²) in [6, 6.07) is 9.98. The Morgan fingerprint density at radius 3 is 2.88 bits per heavy atom. The van der Waals surface area contributed by atoms with Crippen molar-refractivity contribution in [3.63, 3.8) is 0 Å². The Morgan fingerprint density at radius 1 is 1.24 bits per heavy atom. The molecular weight excluding hydrogens is 329 g/mol. The van der Waals surface area contributed by atoms with E-state index in [9.17, 15) is 19.3 Å². The number of oxazole rings is 1. The molecule has 0 saturated heterocycles. The minimum absolute atomic E-state index is 0.0563. The molecular formula is C17H10FN3O4. The average Bonchev–Trinajstić information content (AvgIpc) is 2.92. The van der Waals surface area contributed by atoms with Crippen LogP contribution in [-0.2, 0) is 6.54 Å². The highest BCUT2D eigenvalue weighted by molar-refractivity contribution is 5.82. The molecule has 0 aliphatic rings. The summed E-state index contributed by atoms with van der Waals surface area (Å²) in [7, 11) is 0. The molecule has 2 aromatic heterocycles. The molecule has 0 unspecified atom stereocenters. The average molecular weight is 339 g/mol. The number of nitro benzene ring substituents is 1. The van der Waals surface area contributed by atoms with Gasteiger partial charge in [-0.25, -0.2) is 9.18 Å². The molecule has 25 heavy (non-hydrogen) atoms. The Balaban J connectivity index is 1.91. The van der Waals surface area contributed by atoms with Gasteiger partial charge in [0.25, 0.3) is 5.69 Å². The molecule has 0 saturated carbocycles. The van der Waals surface area contributed by atoms with Crippen molar-refractivity contribution < 1.29 is 13.7 Å². The summed E-state index contributed by atoms with van der Waals surface area (Å²) in [5, 5.41) is 11.3. The lowest BCUT2D eigenvalue weighted by Crippen LogP contribution is -2.15. The molecule has 8 heteroatoms. The van der Waals surface area contributed by atoms with Gasteiger partial charge in [0, 0.05) is 23.7 Å². The first-order valence-corrected chi connectivity index (χ1v) is 7.34. The Kier molecular flexibility index (Phi) is 3.31. The van der Waals surface area contributed by atoms with Gasteiger partial charge in [-0.2, -0.15) is 0 Å². The number of fused-ring (bicyclic) bond motifs is 2. The van der Waals surface area contributed by atoms with Gasteiger partial charge >= 0.3 is 5.76 Å². The quantitative estimate of drug-likeness (QED) is 0.422. The van der Waals surface area contributed by atoms with Crippen molar-refractivity contribution in [3.05, 3.63) is 80.7 Å². The zero-order valence-electron chi connectivity index (χ0n) is 12.7. The molecule has 7 nitrogen and oxygen atoms in total. The largest absolute Gasteiger partial charge is 0.420 e. The number of hydrogen-bond donors (Lipinski definition) is 0. The number of halogens is 1. The van der Waals surface area contributed by atoms with Gasteiger partial charge in [0.2, 0.25) is 0 Å². The number of non-ortho nitro benzene ring substituents is 1. The highest BCUT2D eigenvalue weighted by Gasteiger charge is 2.16. The highest BCUT2D eigenvalue weighted by Crippen LogP contribution is 2.24. The summed E-state index contributed by atoms with van der Waals surface area (Å²) in [4.78, 5) is 26.8. The van der Waals surface area contributed by atoms with Crippen molar-refractivity contribution >= 4 is 27.7 Å². The number of benzene rings is 2. The zero-order valence-corrected chi connectivity index (χ0v) is 12.7. The fraction of sp³-hybridized carbons (Fsp3) is 0.0588. The molecule has 0 bridgehead atoms. The smallest absolute Gasteiger partial charge is 0.408 e. The molecule has 0 N–H and O–H groups in total. The van der Waals surface area contributed by atoms with Gasteiger partial charge in [-0.3, -0.25) is 19.7 Å². The van der Waals surface area contributed by atoms with Crippen molar-refractivity contribution in [2.45, 2.75) is 6.54 Å². The molecule has 2 heterocycles. The van der Waals surface area contributed by atoms with Crippen LogP contribution in [0, 0.1) is 15.9 Å². The summed E-state index contributed by atoms with van der Waals surface area (Å²) in [6.45, 7) is 0.0563. The molecule has 0 radical (unpaired) electrons. The van der Waals surface area contributed by atoms with Crippen LogP contribution in [0.1, 0.15) is 5.56 Å². The summed E-state index contributed by atoms with van der Waals surface area (Å²) in [5.74, 6) is -1.06. The predicted molar refractivity (Wildman–Crippen MR) is 87.9 cm³/mol. The molecule has 0 amide bonds. The number of aromatic nitrogens is 2. The number of nitro groups is 1. The van der Waals surface area contributed by atoms with Crippen molar-refractivity contribution in [1.82, 2.24) is 9.55 Å². The van der Waals surface area contributed by atoms with Crippen LogP contribution in [0.25, 0.3) is 22.0 Å². The summed E-state index contributed by atoms with van der Waals surface area (Å²) in [5.41, 5.74) is 1.43. The topological polar surface area (TPSA) is 91.2 Å². The van der Waals surface area contributed by atoms with Crippen LogP contribution in [0.5, 0.6) is 0 Å². The van der Waals surface area contributed by atoms with E-state index in [2.05, 4.69) is 4.98 Å². The molecule has 0 aliphatic carbocycles. The standard InChI is InChI=1S/C17H10FN3O4/c18-13-5-3-10(16-12(13)2-1-7-19-16)9-20-14-8-11(21(23)24)4-6-15(14)25-17(20)22/h1-8H,9H2. The maximum atomic E-state index is 13.9. The van der Waals surface area contributed by atoms with Crippen LogP contribution in [0.2, 0.25) is 0 Å². The van der Waals surface area contributed by atoms with E-state index in [1.54, 1.807) is 12.1 Å². The molecule has 0 atom stereocenters. The lowest BCUT2D eigenvalue weighted by atomic mass is 10.1. The third-order valence-corrected chi connectivity index (χ3v) is 3.99. The van der Waals surface area contributed by atoms with Crippen LogP contribution in [0.15, 0.2) is 57.9 Å². The van der Waals surface area contributed by atoms with E-state index in [1.807, 2.05) is 0 Å². The van der Waals surface area contributed by atoms with Crippen LogP contribution in [-0.4, -0.2) is 14.5 Å². The van der Waals surface area contributed by atoms with Gasteiger partial charge in [-0.05, 0) is 29.8 Å². The third kappa shape index (κ3) is 2.44. The van der Waals surface area contributed by atoms with E-state index in [0.29, 0.717) is 22.0 Å². The first-order chi connectivity index (χ1) is 12.0. The lowest BCUT2D eigenvalue weighted by Gasteiger charge is -2.07. The number of nitrogens with zero attached hydrogens (tertiary/aromatic N) is 3. The second-order valence-corrected chi connectivity index (χ2v) is 5.47. The maximum Gasteiger partial charge on any atom is 0.420 e. The minimum atomic E-state index is -0.649. The third-order valence-electron chi connectivity index (χ3n) is 3.99. The monoisotopic (exact) mass is 339 g/mol. The van der Waals surface area contributed by atoms with Crippen molar-refractivity contribution in [1.29, 1.82) is 0 Å². The van der Waals surface area contributed by atoms with Crippen LogP contribution >= 0.6 is 0 Å². The Bertz CT molecular complexity index is 1200. The van der Waals surface area contributed by atoms with Gasteiger partial charge in [0.1, 0.15) is 5.82 Å². The second-order valence-electron chi connectivity index (χ2n) is 5.47. The summed E-state index contributed by atoms with van der Waals surface area (Å²) in [6.07, 6.45) is 1.53. The molecule has 2 aromatic carbocycles. The van der Waals surface area contributed by atoms with Gasteiger partial charge in [-0.15, -0.1) is 0 Å². The Morgan fingerprint density at radius 2 is 2.08 bits per heavy atom. The van der Waals surface area contributed by atoms with Gasteiger partial charge in [-0.1, -0.05) is 6.07 Å². The molecule has 0 fully saturated rings.